The van der Waals surface area contributed by atoms with Crippen LogP contribution in [0.4, 0.5) is 0 Å². The molecule has 4 nitrogen and oxygen atoms in total. The summed E-state index contributed by atoms with van der Waals surface area (Å²) >= 11 is 0. The molecule has 0 aromatic rings. The SMILES string of the molecule is CC(CC(=O)N1CCNC[C@H]1C)C1CCNCC1. The number of hydrogen-bond acceptors (Lipinski definition) is 3. The van der Waals surface area contributed by atoms with Crippen LogP contribution in [0.25, 0.3) is 0 Å². The molecule has 0 radical (unpaired) electrons. The zero-order valence-corrected chi connectivity index (χ0v) is 11.7. The Morgan fingerprint density at radius 2 is 2.00 bits per heavy atom. The Morgan fingerprint density at radius 1 is 1.28 bits per heavy atom. The van der Waals surface area contributed by atoms with Crippen molar-refractivity contribution < 1.29 is 4.79 Å². The van der Waals surface area contributed by atoms with Gasteiger partial charge < -0.3 is 15.5 Å². The van der Waals surface area contributed by atoms with E-state index in [0.717, 1.165) is 45.1 Å². The second-order valence-electron chi connectivity index (χ2n) is 5.91. The molecule has 1 unspecified atom stereocenters. The fraction of sp³-hybridized carbons (Fsp3) is 0.929. The average Bonchev–Trinajstić information content (AvgIpc) is 2.40. The van der Waals surface area contributed by atoms with Crippen LogP contribution < -0.4 is 10.6 Å². The summed E-state index contributed by atoms with van der Waals surface area (Å²) < 4.78 is 0. The molecule has 0 bridgehead atoms. The molecule has 1 amide bonds. The second kappa shape index (κ2) is 6.53. The first kappa shape index (κ1) is 13.8. The summed E-state index contributed by atoms with van der Waals surface area (Å²) in [5.74, 6) is 1.62. The van der Waals surface area contributed by atoms with Crippen molar-refractivity contribution in [3.8, 4) is 0 Å². The molecule has 4 heteroatoms. The van der Waals surface area contributed by atoms with Gasteiger partial charge in [-0.3, -0.25) is 4.79 Å². The lowest BCUT2D eigenvalue weighted by molar-refractivity contribution is -0.135. The van der Waals surface area contributed by atoms with Crippen molar-refractivity contribution in [2.24, 2.45) is 11.8 Å². The standard InChI is InChI=1S/C14H27N3O/c1-11(13-3-5-15-6-4-13)9-14(18)17-8-7-16-10-12(17)2/h11-13,15-16H,3-10H2,1-2H3/t11?,12-/m1/s1. The van der Waals surface area contributed by atoms with Gasteiger partial charge in [-0.2, -0.15) is 0 Å². The van der Waals surface area contributed by atoms with E-state index in [1.54, 1.807) is 0 Å². The highest BCUT2D eigenvalue weighted by Crippen LogP contribution is 2.25. The van der Waals surface area contributed by atoms with Crippen LogP contribution in [-0.2, 0) is 4.79 Å². The summed E-state index contributed by atoms with van der Waals surface area (Å²) in [6, 6.07) is 0.353. The van der Waals surface area contributed by atoms with Crippen LogP contribution in [0.15, 0.2) is 0 Å². The molecule has 2 heterocycles. The van der Waals surface area contributed by atoms with E-state index in [1.165, 1.54) is 12.8 Å². The Bertz CT molecular complexity index is 276. The van der Waals surface area contributed by atoms with E-state index < -0.39 is 0 Å². The number of carbonyl (C=O) groups is 1. The molecular formula is C14H27N3O. The third-order valence-corrected chi connectivity index (χ3v) is 4.51. The number of nitrogens with zero attached hydrogens (tertiary/aromatic N) is 1. The molecule has 0 saturated carbocycles. The maximum Gasteiger partial charge on any atom is 0.223 e. The highest BCUT2D eigenvalue weighted by molar-refractivity contribution is 5.77. The van der Waals surface area contributed by atoms with Crippen molar-refractivity contribution in [3.05, 3.63) is 0 Å². The molecule has 0 aromatic carbocycles. The summed E-state index contributed by atoms with van der Waals surface area (Å²) in [5, 5.41) is 6.72. The van der Waals surface area contributed by atoms with Gasteiger partial charge in [0.05, 0.1) is 0 Å². The van der Waals surface area contributed by atoms with Crippen molar-refractivity contribution in [1.82, 2.24) is 15.5 Å². The summed E-state index contributed by atoms with van der Waals surface area (Å²) in [4.78, 5) is 14.4. The quantitative estimate of drug-likeness (QED) is 0.783. The highest BCUT2D eigenvalue weighted by atomic mass is 16.2. The summed E-state index contributed by atoms with van der Waals surface area (Å²) in [6.07, 6.45) is 3.19. The molecule has 2 N–H and O–H groups in total. The van der Waals surface area contributed by atoms with Crippen LogP contribution in [0, 0.1) is 11.8 Å². The maximum absolute atomic E-state index is 12.3. The molecule has 0 aromatic heterocycles. The fourth-order valence-electron chi connectivity index (χ4n) is 3.18. The number of hydrogen-bond donors (Lipinski definition) is 2. The van der Waals surface area contributed by atoms with Gasteiger partial charge in [0.15, 0.2) is 0 Å². The first-order valence-corrected chi connectivity index (χ1v) is 7.39. The zero-order chi connectivity index (χ0) is 13.0. The minimum absolute atomic E-state index is 0.353. The number of nitrogens with one attached hydrogen (secondary N) is 2. The third-order valence-electron chi connectivity index (χ3n) is 4.51. The monoisotopic (exact) mass is 253 g/mol. The number of piperidine rings is 1. The lowest BCUT2D eigenvalue weighted by Crippen LogP contribution is -2.52. The number of carbonyl (C=O) groups excluding carboxylic acids is 1. The molecule has 2 aliphatic rings. The molecule has 2 atom stereocenters. The highest BCUT2D eigenvalue weighted by Gasteiger charge is 2.27. The van der Waals surface area contributed by atoms with Gasteiger partial charge in [-0.05, 0) is 44.7 Å². The minimum atomic E-state index is 0.353. The van der Waals surface area contributed by atoms with Crippen molar-refractivity contribution in [2.75, 3.05) is 32.7 Å². The Kier molecular flexibility index (Phi) is 5.01. The van der Waals surface area contributed by atoms with Crippen molar-refractivity contribution in [1.29, 1.82) is 0 Å². The smallest absolute Gasteiger partial charge is 0.223 e. The zero-order valence-electron chi connectivity index (χ0n) is 11.7. The number of rotatable bonds is 3. The molecule has 0 spiro atoms. The lowest BCUT2D eigenvalue weighted by atomic mass is 9.84. The summed E-state index contributed by atoms with van der Waals surface area (Å²) in [7, 11) is 0. The molecular weight excluding hydrogens is 226 g/mol. The Labute approximate surface area is 110 Å². The predicted molar refractivity (Wildman–Crippen MR) is 73.4 cm³/mol. The summed E-state index contributed by atoms with van der Waals surface area (Å²) in [5.41, 5.74) is 0. The number of piperazine rings is 1. The molecule has 2 aliphatic heterocycles. The van der Waals surface area contributed by atoms with Crippen LogP contribution in [-0.4, -0.2) is 49.6 Å². The first-order chi connectivity index (χ1) is 8.68. The van der Waals surface area contributed by atoms with Gasteiger partial charge in [-0.1, -0.05) is 6.92 Å². The van der Waals surface area contributed by atoms with Crippen LogP contribution >= 0.6 is 0 Å². The minimum Gasteiger partial charge on any atom is -0.337 e. The van der Waals surface area contributed by atoms with Gasteiger partial charge in [0, 0.05) is 32.1 Å². The van der Waals surface area contributed by atoms with E-state index in [2.05, 4.69) is 29.4 Å². The maximum atomic E-state index is 12.3. The molecule has 2 rings (SSSR count). The summed E-state index contributed by atoms with van der Waals surface area (Å²) in [6.45, 7) is 9.38. The van der Waals surface area contributed by atoms with Gasteiger partial charge >= 0.3 is 0 Å². The third kappa shape index (κ3) is 3.45. The molecule has 2 saturated heterocycles. The van der Waals surface area contributed by atoms with E-state index in [-0.39, 0.29) is 0 Å². The van der Waals surface area contributed by atoms with Gasteiger partial charge in [0.1, 0.15) is 0 Å². The Balaban J connectivity index is 1.81. The average molecular weight is 253 g/mol. The predicted octanol–water partition coefficient (Wildman–Crippen LogP) is 0.833. The molecule has 2 fully saturated rings. The normalized spacial score (nSPS) is 28.1. The Hall–Kier alpha value is -0.610. The first-order valence-electron chi connectivity index (χ1n) is 7.39. The lowest BCUT2D eigenvalue weighted by Gasteiger charge is -2.36. The van der Waals surface area contributed by atoms with Crippen LogP contribution in [0.5, 0.6) is 0 Å². The largest absolute Gasteiger partial charge is 0.337 e. The van der Waals surface area contributed by atoms with E-state index in [9.17, 15) is 4.79 Å². The van der Waals surface area contributed by atoms with Crippen molar-refractivity contribution in [2.45, 2.75) is 39.2 Å². The topological polar surface area (TPSA) is 44.4 Å². The molecule has 0 aliphatic carbocycles. The van der Waals surface area contributed by atoms with Crippen LogP contribution in [0.3, 0.4) is 0 Å². The van der Waals surface area contributed by atoms with Crippen molar-refractivity contribution in [3.63, 3.8) is 0 Å². The van der Waals surface area contributed by atoms with E-state index >= 15 is 0 Å². The molecule has 18 heavy (non-hydrogen) atoms. The van der Waals surface area contributed by atoms with Crippen LogP contribution in [0.1, 0.15) is 33.1 Å². The van der Waals surface area contributed by atoms with Gasteiger partial charge in [-0.15, -0.1) is 0 Å². The second-order valence-corrected chi connectivity index (χ2v) is 5.91. The van der Waals surface area contributed by atoms with E-state index in [0.29, 0.717) is 17.9 Å². The van der Waals surface area contributed by atoms with Crippen molar-refractivity contribution >= 4 is 5.91 Å². The van der Waals surface area contributed by atoms with Crippen LogP contribution in [0.2, 0.25) is 0 Å². The van der Waals surface area contributed by atoms with Gasteiger partial charge in [0.2, 0.25) is 5.91 Å². The number of amides is 1. The van der Waals surface area contributed by atoms with E-state index in [1.807, 2.05) is 0 Å². The Morgan fingerprint density at radius 3 is 2.67 bits per heavy atom. The fourth-order valence-corrected chi connectivity index (χ4v) is 3.18. The molecule has 104 valence electrons. The van der Waals surface area contributed by atoms with Gasteiger partial charge in [-0.25, -0.2) is 0 Å². The van der Waals surface area contributed by atoms with Gasteiger partial charge in [0.25, 0.3) is 0 Å². The van der Waals surface area contributed by atoms with E-state index in [4.69, 9.17) is 0 Å².